The molecule has 25 heavy (non-hydrogen) atoms. The van der Waals surface area contributed by atoms with E-state index in [0.717, 1.165) is 36.1 Å². The molecule has 6 heteroatoms. The summed E-state index contributed by atoms with van der Waals surface area (Å²) in [6, 6.07) is 9.75. The Balaban J connectivity index is 1.68. The zero-order chi connectivity index (χ0) is 18.0. The minimum atomic E-state index is -0.292. The van der Waals surface area contributed by atoms with Gasteiger partial charge < -0.3 is 10.0 Å². The Labute approximate surface area is 148 Å². The van der Waals surface area contributed by atoms with Gasteiger partial charge in [0.15, 0.2) is 0 Å². The van der Waals surface area contributed by atoms with Gasteiger partial charge in [0.25, 0.3) is 0 Å². The van der Waals surface area contributed by atoms with Crippen molar-refractivity contribution >= 4 is 11.8 Å². The van der Waals surface area contributed by atoms with E-state index < -0.39 is 0 Å². The molecule has 1 aromatic heterocycles. The maximum atomic E-state index is 12.5. The maximum absolute atomic E-state index is 12.5. The van der Waals surface area contributed by atoms with Crippen molar-refractivity contribution in [2.24, 2.45) is 13.0 Å². The highest BCUT2D eigenvalue weighted by atomic mass is 16.3. The van der Waals surface area contributed by atoms with Gasteiger partial charge in [0.05, 0.1) is 11.8 Å². The average Bonchev–Trinajstić information content (AvgIpc) is 3.14. The molecule has 1 aliphatic rings. The second kappa shape index (κ2) is 7.27. The first-order chi connectivity index (χ1) is 12.0. The van der Waals surface area contributed by atoms with Crippen molar-refractivity contribution in [3.05, 3.63) is 35.9 Å². The lowest BCUT2D eigenvalue weighted by Crippen LogP contribution is -2.37. The summed E-state index contributed by atoms with van der Waals surface area (Å²) >= 11 is 0. The van der Waals surface area contributed by atoms with Gasteiger partial charge in [0, 0.05) is 38.2 Å². The molecule has 1 fully saturated rings. The van der Waals surface area contributed by atoms with E-state index in [2.05, 4.69) is 10.4 Å². The number of anilines is 1. The molecule has 2 atom stereocenters. The van der Waals surface area contributed by atoms with Crippen molar-refractivity contribution in [1.82, 2.24) is 14.7 Å². The Kier molecular flexibility index (Phi) is 5.08. The number of amides is 2. The van der Waals surface area contributed by atoms with E-state index in [1.165, 1.54) is 0 Å². The van der Waals surface area contributed by atoms with Crippen LogP contribution in [0, 0.1) is 12.8 Å². The van der Waals surface area contributed by atoms with Gasteiger partial charge in [-0.3, -0.25) is 10.00 Å². The van der Waals surface area contributed by atoms with Gasteiger partial charge >= 0.3 is 6.03 Å². The summed E-state index contributed by atoms with van der Waals surface area (Å²) in [6.45, 7) is 2.61. The highest BCUT2D eigenvalue weighted by molar-refractivity contribution is 5.89. The van der Waals surface area contributed by atoms with E-state index in [1.54, 1.807) is 16.6 Å². The number of urea groups is 1. The lowest BCUT2D eigenvalue weighted by molar-refractivity contribution is 0.116. The van der Waals surface area contributed by atoms with Crippen LogP contribution in [-0.4, -0.2) is 45.5 Å². The van der Waals surface area contributed by atoms with Crippen molar-refractivity contribution in [3.8, 4) is 11.3 Å². The molecule has 1 aliphatic carbocycles. The molecule has 0 radical (unpaired) electrons. The minimum absolute atomic E-state index is 0.171. The van der Waals surface area contributed by atoms with Crippen molar-refractivity contribution in [1.29, 1.82) is 0 Å². The van der Waals surface area contributed by atoms with Crippen LogP contribution in [0.25, 0.3) is 11.3 Å². The topological polar surface area (TPSA) is 70.4 Å². The van der Waals surface area contributed by atoms with Crippen LogP contribution >= 0.6 is 0 Å². The molecule has 2 unspecified atom stereocenters. The number of hydrogen-bond donors (Lipinski definition) is 2. The molecule has 0 saturated heterocycles. The summed E-state index contributed by atoms with van der Waals surface area (Å²) in [7, 11) is 3.58. The largest absolute Gasteiger partial charge is 0.393 e. The van der Waals surface area contributed by atoms with Crippen LogP contribution < -0.4 is 5.32 Å². The van der Waals surface area contributed by atoms with Crippen LogP contribution in [0.15, 0.2) is 30.3 Å². The van der Waals surface area contributed by atoms with Gasteiger partial charge in [-0.2, -0.15) is 5.10 Å². The van der Waals surface area contributed by atoms with Crippen LogP contribution in [0.3, 0.4) is 0 Å². The van der Waals surface area contributed by atoms with Crippen LogP contribution in [-0.2, 0) is 7.05 Å². The normalized spacial score (nSPS) is 19.8. The van der Waals surface area contributed by atoms with Crippen LogP contribution in [0.4, 0.5) is 10.6 Å². The molecule has 1 heterocycles. The fourth-order valence-corrected chi connectivity index (χ4v) is 3.45. The Bertz CT molecular complexity index is 756. The predicted molar refractivity (Wildman–Crippen MR) is 98.4 cm³/mol. The number of hydrogen-bond acceptors (Lipinski definition) is 3. The number of benzene rings is 1. The monoisotopic (exact) mass is 342 g/mol. The zero-order valence-corrected chi connectivity index (χ0v) is 15.1. The minimum Gasteiger partial charge on any atom is -0.393 e. The van der Waals surface area contributed by atoms with Gasteiger partial charge in [0.1, 0.15) is 5.82 Å². The molecule has 1 saturated carbocycles. The van der Waals surface area contributed by atoms with E-state index in [9.17, 15) is 9.90 Å². The second-order valence-electron chi connectivity index (χ2n) is 6.92. The average molecular weight is 342 g/mol. The molecule has 134 valence electrons. The summed E-state index contributed by atoms with van der Waals surface area (Å²) in [4.78, 5) is 14.1. The predicted octanol–water partition coefficient (Wildman–Crippen LogP) is 3.02. The van der Waals surface area contributed by atoms with Crippen molar-refractivity contribution < 1.29 is 9.90 Å². The molecular weight excluding hydrogens is 316 g/mol. The smallest absolute Gasteiger partial charge is 0.322 e. The molecule has 0 bridgehead atoms. The van der Waals surface area contributed by atoms with E-state index in [4.69, 9.17) is 0 Å². The van der Waals surface area contributed by atoms with Crippen molar-refractivity contribution in [2.75, 3.05) is 18.9 Å². The molecular formula is C19H26N4O2. The molecule has 2 amide bonds. The second-order valence-corrected chi connectivity index (χ2v) is 6.92. The number of aliphatic hydroxyl groups excluding tert-OH is 1. The van der Waals surface area contributed by atoms with E-state index in [1.807, 2.05) is 44.3 Å². The highest BCUT2D eigenvalue weighted by Gasteiger charge is 2.27. The summed E-state index contributed by atoms with van der Waals surface area (Å²) in [5, 5.41) is 17.4. The van der Waals surface area contributed by atoms with E-state index in [-0.39, 0.29) is 18.1 Å². The third-order valence-electron chi connectivity index (χ3n) is 5.01. The first-order valence-corrected chi connectivity index (χ1v) is 8.76. The fourth-order valence-electron chi connectivity index (χ4n) is 3.45. The Morgan fingerprint density at radius 1 is 1.40 bits per heavy atom. The summed E-state index contributed by atoms with van der Waals surface area (Å²) in [5.41, 5.74) is 3.04. The lowest BCUT2D eigenvalue weighted by Gasteiger charge is -2.23. The van der Waals surface area contributed by atoms with Crippen molar-refractivity contribution in [2.45, 2.75) is 32.3 Å². The number of aryl methyl sites for hydroxylation is 2. The molecule has 6 nitrogen and oxygen atoms in total. The van der Waals surface area contributed by atoms with Crippen LogP contribution in [0.2, 0.25) is 0 Å². The third-order valence-corrected chi connectivity index (χ3v) is 5.01. The maximum Gasteiger partial charge on any atom is 0.322 e. The lowest BCUT2D eigenvalue weighted by atomic mass is 10.1. The number of nitrogens with one attached hydrogen (secondary N) is 1. The van der Waals surface area contributed by atoms with Gasteiger partial charge in [-0.1, -0.05) is 30.7 Å². The molecule has 1 aromatic carbocycles. The number of aromatic nitrogens is 2. The molecule has 2 aromatic rings. The molecule has 3 rings (SSSR count). The standard InChI is InChI=1S/C19H26N4O2/c1-13-7-4-5-9-15(13)16-11-18(23(3)21-16)20-19(25)22(2)12-14-8-6-10-17(14)24/h4-5,7,9,11,14,17,24H,6,8,10,12H2,1-3H3,(H,20,25). The van der Waals surface area contributed by atoms with E-state index >= 15 is 0 Å². The highest BCUT2D eigenvalue weighted by Crippen LogP contribution is 2.27. The number of carbonyl (C=O) groups excluding carboxylic acids is 1. The number of rotatable bonds is 4. The first kappa shape index (κ1) is 17.5. The fraction of sp³-hybridized carbons (Fsp3) is 0.474. The Morgan fingerprint density at radius 3 is 2.84 bits per heavy atom. The quantitative estimate of drug-likeness (QED) is 0.897. The van der Waals surface area contributed by atoms with E-state index in [0.29, 0.717) is 12.4 Å². The Morgan fingerprint density at radius 2 is 2.16 bits per heavy atom. The number of aliphatic hydroxyl groups is 1. The zero-order valence-electron chi connectivity index (χ0n) is 15.1. The summed E-state index contributed by atoms with van der Waals surface area (Å²) < 4.78 is 1.68. The van der Waals surface area contributed by atoms with Gasteiger partial charge in [0.2, 0.25) is 0 Å². The number of nitrogens with zero attached hydrogens (tertiary/aromatic N) is 3. The third kappa shape index (κ3) is 3.85. The SMILES string of the molecule is Cc1ccccc1-c1cc(NC(=O)N(C)CC2CCCC2O)n(C)n1. The van der Waals surface area contributed by atoms with Gasteiger partial charge in [-0.05, 0) is 25.3 Å². The first-order valence-electron chi connectivity index (χ1n) is 8.76. The van der Waals surface area contributed by atoms with Crippen molar-refractivity contribution in [3.63, 3.8) is 0 Å². The van der Waals surface area contributed by atoms with Crippen LogP contribution in [0.1, 0.15) is 24.8 Å². The Hall–Kier alpha value is -2.34. The van der Waals surface area contributed by atoms with Gasteiger partial charge in [-0.25, -0.2) is 4.79 Å². The summed E-state index contributed by atoms with van der Waals surface area (Å²) in [5.74, 6) is 0.826. The number of carbonyl (C=O) groups is 1. The van der Waals surface area contributed by atoms with Crippen LogP contribution in [0.5, 0.6) is 0 Å². The summed E-state index contributed by atoms with van der Waals surface area (Å²) in [6.07, 6.45) is 2.55. The molecule has 0 spiro atoms. The van der Waals surface area contributed by atoms with Gasteiger partial charge in [-0.15, -0.1) is 0 Å². The molecule has 2 N–H and O–H groups in total. The molecule has 0 aliphatic heterocycles.